The molecule has 1 aliphatic rings. The molecule has 8 heteroatoms. The van der Waals surface area contributed by atoms with E-state index in [1.807, 2.05) is 0 Å². The monoisotopic (exact) mass is 370 g/mol. The molecule has 1 fully saturated rings. The Hall–Kier alpha value is -1.64. The first-order chi connectivity index (χ1) is 11.8. The van der Waals surface area contributed by atoms with E-state index in [1.54, 1.807) is 0 Å². The molecule has 0 radical (unpaired) electrons. The zero-order valence-corrected chi connectivity index (χ0v) is 15.4. The molecule has 0 amide bonds. The third-order valence-electron chi connectivity index (χ3n) is 4.09. The van der Waals surface area contributed by atoms with Gasteiger partial charge < -0.3 is 15.2 Å². The molecule has 1 atom stereocenters. The molecule has 1 heterocycles. The van der Waals surface area contributed by atoms with Crippen molar-refractivity contribution in [3.63, 3.8) is 0 Å². The van der Waals surface area contributed by atoms with Crippen LogP contribution in [-0.2, 0) is 14.8 Å². The number of hydrogen-bond donors (Lipinski definition) is 3. The van der Waals surface area contributed by atoms with E-state index in [1.165, 1.54) is 18.2 Å². The highest BCUT2D eigenvalue weighted by atomic mass is 32.2. The van der Waals surface area contributed by atoms with E-state index < -0.39 is 16.0 Å². The number of hydrogen-bond acceptors (Lipinski definition) is 5. The van der Waals surface area contributed by atoms with Crippen LogP contribution >= 0.6 is 0 Å². The van der Waals surface area contributed by atoms with Crippen molar-refractivity contribution in [3.05, 3.63) is 23.8 Å². The molecule has 1 saturated heterocycles. The number of carboxylic acid groups (broad SMARTS) is 1. The zero-order chi connectivity index (χ0) is 18.4. The predicted octanol–water partition coefficient (Wildman–Crippen LogP) is 2.30. The summed E-state index contributed by atoms with van der Waals surface area (Å²) in [6, 6.07) is 4.12. The van der Waals surface area contributed by atoms with Crippen molar-refractivity contribution < 1.29 is 23.1 Å². The Morgan fingerprint density at radius 3 is 2.76 bits per heavy atom. The second-order valence-corrected chi connectivity index (χ2v) is 8.38. The molecule has 140 valence electrons. The molecule has 0 aromatic heterocycles. The molecule has 3 N–H and O–H groups in total. The number of benzene rings is 1. The molecule has 1 aliphatic heterocycles. The number of anilines is 1. The van der Waals surface area contributed by atoms with Crippen LogP contribution in [0.1, 0.15) is 43.5 Å². The highest BCUT2D eigenvalue weighted by molar-refractivity contribution is 7.89. The van der Waals surface area contributed by atoms with Crippen molar-refractivity contribution in [1.29, 1.82) is 0 Å². The number of rotatable bonds is 9. The zero-order valence-electron chi connectivity index (χ0n) is 14.6. The topological polar surface area (TPSA) is 105 Å². The van der Waals surface area contributed by atoms with Gasteiger partial charge in [-0.3, -0.25) is 0 Å². The first-order valence-corrected chi connectivity index (χ1v) is 10.0. The lowest BCUT2D eigenvalue weighted by atomic mass is 10.1. The normalized spacial score (nSPS) is 17.8. The van der Waals surface area contributed by atoms with E-state index in [0.717, 1.165) is 19.3 Å². The summed E-state index contributed by atoms with van der Waals surface area (Å²) in [5.41, 5.74) is 0.370. The summed E-state index contributed by atoms with van der Waals surface area (Å²) in [5, 5.41) is 12.5. The highest BCUT2D eigenvalue weighted by Gasteiger charge is 2.22. The number of carbonyl (C=O) groups is 1. The van der Waals surface area contributed by atoms with Crippen LogP contribution < -0.4 is 10.0 Å². The van der Waals surface area contributed by atoms with Gasteiger partial charge >= 0.3 is 5.97 Å². The standard InChI is InChI=1S/C17H26N2O5S/c1-12(2)7-8-18-16-6-5-14(10-15(16)17(20)21)25(22,23)19-11-13-4-3-9-24-13/h5-6,10,12-13,18-19H,3-4,7-9,11H2,1-2H3,(H,20,21)/t13-/m0/s1. The van der Waals surface area contributed by atoms with E-state index in [4.69, 9.17) is 4.74 Å². The summed E-state index contributed by atoms with van der Waals surface area (Å²) >= 11 is 0. The minimum absolute atomic E-state index is 0.0521. The van der Waals surface area contributed by atoms with Gasteiger partial charge in [-0.05, 0) is 43.4 Å². The average molecular weight is 370 g/mol. The van der Waals surface area contributed by atoms with Crippen LogP contribution in [0, 0.1) is 5.92 Å². The van der Waals surface area contributed by atoms with Gasteiger partial charge in [0.2, 0.25) is 10.0 Å². The van der Waals surface area contributed by atoms with E-state index in [9.17, 15) is 18.3 Å². The smallest absolute Gasteiger partial charge is 0.337 e. The predicted molar refractivity (Wildman–Crippen MR) is 95.5 cm³/mol. The quantitative estimate of drug-likeness (QED) is 0.616. The Kier molecular flexibility index (Phi) is 6.80. The van der Waals surface area contributed by atoms with Crippen LogP contribution in [0.3, 0.4) is 0 Å². The molecule has 0 unspecified atom stereocenters. The second kappa shape index (κ2) is 8.64. The fourth-order valence-electron chi connectivity index (χ4n) is 2.61. The Bertz CT molecular complexity index is 697. The number of nitrogens with one attached hydrogen (secondary N) is 2. The van der Waals surface area contributed by atoms with Crippen LogP contribution in [0.5, 0.6) is 0 Å². The van der Waals surface area contributed by atoms with E-state index >= 15 is 0 Å². The van der Waals surface area contributed by atoms with Gasteiger partial charge in [0.15, 0.2) is 0 Å². The van der Waals surface area contributed by atoms with Gasteiger partial charge in [-0.2, -0.15) is 0 Å². The van der Waals surface area contributed by atoms with Crippen LogP contribution in [0.15, 0.2) is 23.1 Å². The van der Waals surface area contributed by atoms with Gasteiger partial charge in [0, 0.05) is 25.4 Å². The summed E-state index contributed by atoms with van der Waals surface area (Å²) in [6.45, 7) is 5.62. The SMILES string of the molecule is CC(C)CCNc1ccc(S(=O)(=O)NC[C@@H]2CCCO2)cc1C(=O)O. The second-order valence-electron chi connectivity index (χ2n) is 6.61. The van der Waals surface area contributed by atoms with Crippen molar-refractivity contribution >= 4 is 21.7 Å². The Morgan fingerprint density at radius 1 is 1.40 bits per heavy atom. The molecule has 0 bridgehead atoms. The van der Waals surface area contributed by atoms with Crippen molar-refractivity contribution in [2.75, 3.05) is 25.0 Å². The molecule has 7 nitrogen and oxygen atoms in total. The van der Waals surface area contributed by atoms with Crippen LogP contribution in [0.4, 0.5) is 5.69 Å². The summed E-state index contributed by atoms with van der Waals surface area (Å²) in [5.74, 6) is -0.675. The largest absolute Gasteiger partial charge is 0.478 e. The van der Waals surface area contributed by atoms with Crippen LogP contribution in [0.2, 0.25) is 0 Å². The van der Waals surface area contributed by atoms with E-state index in [2.05, 4.69) is 23.9 Å². The van der Waals surface area contributed by atoms with Crippen molar-refractivity contribution in [3.8, 4) is 0 Å². The first-order valence-electron chi connectivity index (χ1n) is 8.52. The van der Waals surface area contributed by atoms with Gasteiger partial charge in [0.1, 0.15) is 0 Å². The van der Waals surface area contributed by atoms with Gasteiger partial charge in [-0.15, -0.1) is 0 Å². The molecule has 2 rings (SSSR count). The molecule has 0 aliphatic carbocycles. The van der Waals surface area contributed by atoms with Gasteiger partial charge in [-0.25, -0.2) is 17.9 Å². The third kappa shape index (κ3) is 5.69. The maximum atomic E-state index is 12.4. The molecule has 1 aromatic carbocycles. The summed E-state index contributed by atoms with van der Waals surface area (Å²) < 4.78 is 32.7. The fourth-order valence-corrected chi connectivity index (χ4v) is 3.70. The van der Waals surface area contributed by atoms with Crippen molar-refractivity contribution in [2.45, 2.75) is 44.1 Å². The number of sulfonamides is 1. The molecule has 0 spiro atoms. The van der Waals surface area contributed by atoms with E-state index in [0.29, 0.717) is 24.8 Å². The number of aromatic carboxylic acids is 1. The van der Waals surface area contributed by atoms with Crippen molar-refractivity contribution in [1.82, 2.24) is 4.72 Å². The Labute approximate surface area is 148 Å². The Balaban J connectivity index is 2.11. The lowest BCUT2D eigenvalue weighted by molar-refractivity contribution is 0.0697. The Morgan fingerprint density at radius 2 is 2.16 bits per heavy atom. The molecular weight excluding hydrogens is 344 g/mol. The molecular formula is C17H26N2O5S. The third-order valence-corrected chi connectivity index (χ3v) is 5.52. The van der Waals surface area contributed by atoms with Gasteiger partial charge in [-0.1, -0.05) is 13.8 Å². The molecule has 25 heavy (non-hydrogen) atoms. The minimum atomic E-state index is -3.78. The first kappa shape index (κ1) is 19.7. The summed E-state index contributed by atoms with van der Waals surface area (Å²) in [7, 11) is -3.78. The lowest BCUT2D eigenvalue weighted by Crippen LogP contribution is -2.32. The average Bonchev–Trinajstić information content (AvgIpc) is 3.06. The molecule has 1 aromatic rings. The number of carboxylic acids is 1. The maximum absolute atomic E-state index is 12.4. The van der Waals surface area contributed by atoms with Gasteiger partial charge in [0.05, 0.1) is 16.6 Å². The van der Waals surface area contributed by atoms with Crippen LogP contribution in [-0.4, -0.2) is 45.3 Å². The summed E-state index contributed by atoms with van der Waals surface area (Å²) in [6.07, 6.45) is 2.52. The van der Waals surface area contributed by atoms with E-state index in [-0.39, 0.29) is 23.1 Å². The fraction of sp³-hybridized carbons (Fsp3) is 0.588. The maximum Gasteiger partial charge on any atom is 0.337 e. The number of ether oxygens (including phenoxy) is 1. The van der Waals surface area contributed by atoms with Crippen LogP contribution in [0.25, 0.3) is 0 Å². The summed E-state index contributed by atoms with van der Waals surface area (Å²) in [4.78, 5) is 11.4. The lowest BCUT2D eigenvalue weighted by Gasteiger charge is -2.14. The highest BCUT2D eigenvalue weighted by Crippen LogP contribution is 2.21. The van der Waals surface area contributed by atoms with Gasteiger partial charge in [0.25, 0.3) is 0 Å². The van der Waals surface area contributed by atoms with Crippen molar-refractivity contribution in [2.24, 2.45) is 5.92 Å². The minimum Gasteiger partial charge on any atom is -0.478 e. The molecule has 0 saturated carbocycles.